The summed E-state index contributed by atoms with van der Waals surface area (Å²) in [6.45, 7) is 2.55. The minimum atomic E-state index is -1.22. The third-order valence-electron chi connectivity index (χ3n) is 1.06. The van der Waals surface area contributed by atoms with Crippen molar-refractivity contribution < 1.29 is 35.4 Å². The Hall–Kier alpha value is -0.570. The average molecular weight is 242 g/mol. The molecule has 0 saturated carbocycles. The van der Waals surface area contributed by atoms with Crippen LogP contribution in [0.15, 0.2) is 0 Å². The van der Waals surface area contributed by atoms with Crippen LogP contribution in [0.25, 0.3) is 0 Å². The lowest BCUT2D eigenvalue weighted by Gasteiger charge is -2.02. The molecule has 0 radical (unpaired) electrons. The van der Waals surface area contributed by atoms with E-state index in [1.807, 2.05) is 0 Å². The molecular weight excluding hydrogens is 220 g/mol. The van der Waals surface area contributed by atoms with E-state index in [2.05, 4.69) is 0 Å². The quantitative estimate of drug-likeness (QED) is 0.294. The Morgan fingerprint density at radius 2 is 1.38 bits per heavy atom. The van der Waals surface area contributed by atoms with Crippen LogP contribution in [0.4, 0.5) is 0 Å². The molecule has 16 heavy (non-hydrogen) atoms. The van der Waals surface area contributed by atoms with Gasteiger partial charge in [-0.05, 0) is 13.8 Å². The fourth-order valence-corrected chi connectivity index (χ4v) is 0.171. The highest BCUT2D eigenvalue weighted by Gasteiger charge is 2.06. The largest absolute Gasteiger partial charge is 0.397 e. The summed E-state index contributed by atoms with van der Waals surface area (Å²) in [5.74, 6) is 0. The summed E-state index contributed by atoms with van der Waals surface area (Å²) >= 11 is 0. The van der Waals surface area contributed by atoms with E-state index in [0.717, 1.165) is 0 Å². The van der Waals surface area contributed by atoms with Crippen LogP contribution in [-0.4, -0.2) is 75.1 Å². The summed E-state index contributed by atoms with van der Waals surface area (Å²) in [5.41, 5.74) is 0. The number of carbonyl (C=O) groups excluding carboxylic acids is 1. The topological polar surface area (TPSA) is 138 Å². The molecule has 0 aromatic carbocycles. The lowest BCUT2D eigenvalue weighted by atomic mass is 10.3. The molecule has 0 aliphatic carbocycles. The van der Waals surface area contributed by atoms with Crippen molar-refractivity contribution in [3.63, 3.8) is 0 Å². The number of rotatable bonds is 4. The molecule has 0 fully saturated rings. The Labute approximate surface area is 94.6 Å². The molecule has 100 valence electrons. The molecule has 0 spiro atoms. The maximum absolute atomic E-state index is 9.54. The second kappa shape index (κ2) is 16.8. The van der Waals surface area contributed by atoms with Gasteiger partial charge < -0.3 is 35.4 Å². The second-order valence-electron chi connectivity index (χ2n) is 2.70. The Morgan fingerprint density at radius 1 is 1.06 bits per heavy atom. The van der Waals surface area contributed by atoms with E-state index >= 15 is 0 Å². The maximum atomic E-state index is 9.54. The number of aliphatic hydroxyl groups is 6. The fraction of sp³-hybridized carbons (Fsp3) is 0.889. The van der Waals surface area contributed by atoms with E-state index in [1.165, 1.54) is 6.92 Å². The first-order valence-corrected chi connectivity index (χ1v) is 4.73. The predicted octanol–water partition coefficient (Wildman–Crippen LogP) is -2.74. The van der Waals surface area contributed by atoms with Gasteiger partial charge in [0.25, 0.3) is 0 Å². The molecule has 2 unspecified atom stereocenters. The van der Waals surface area contributed by atoms with Crippen molar-refractivity contribution in [2.24, 2.45) is 0 Å². The number of hydrogen-bond acceptors (Lipinski definition) is 7. The van der Waals surface area contributed by atoms with Crippen molar-refractivity contribution in [1.82, 2.24) is 0 Å². The zero-order chi connectivity index (χ0) is 13.6. The molecule has 2 atom stereocenters. The molecule has 7 heteroatoms. The van der Waals surface area contributed by atoms with Crippen molar-refractivity contribution in [3.8, 4) is 0 Å². The normalized spacial score (nSPS) is 12.8. The number of carbonyl (C=O) groups is 1. The molecule has 0 heterocycles. The summed E-state index contributed by atoms with van der Waals surface area (Å²) in [4.78, 5) is 9.54. The van der Waals surface area contributed by atoms with Gasteiger partial charge >= 0.3 is 0 Å². The van der Waals surface area contributed by atoms with Gasteiger partial charge in [-0.15, -0.1) is 0 Å². The van der Waals surface area contributed by atoms with Crippen molar-refractivity contribution in [2.75, 3.05) is 19.8 Å². The van der Waals surface area contributed by atoms with Crippen LogP contribution in [-0.2, 0) is 4.79 Å². The summed E-state index contributed by atoms with van der Waals surface area (Å²) in [7, 11) is 0. The van der Waals surface area contributed by atoms with E-state index < -0.39 is 18.3 Å². The minimum Gasteiger partial charge on any atom is -0.397 e. The number of aliphatic hydroxyl groups excluding tert-OH is 6. The van der Waals surface area contributed by atoms with Crippen molar-refractivity contribution in [3.05, 3.63) is 0 Å². The van der Waals surface area contributed by atoms with Crippen LogP contribution < -0.4 is 0 Å². The van der Waals surface area contributed by atoms with E-state index in [-0.39, 0.29) is 19.8 Å². The second-order valence-corrected chi connectivity index (χ2v) is 2.70. The first-order chi connectivity index (χ1) is 7.40. The minimum absolute atomic E-state index is 0.250. The Bertz CT molecular complexity index is 125. The van der Waals surface area contributed by atoms with Crippen LogP contribution >= 0.6 is 0 Å². The summed E-state index contributed by atoms with van der Waals surface area (Å²) in [6, 6.07) is 0. The number of aldehydes is 1. The van der Waals surface area contributed by atoms with Gasteiger partial charge in [0, 0.05) is 6.61 Å². The van der Waals surface area contributed by atoms with Gasteiger partial charge in [-0.3, -0.25) is 0 Å². The zero-order valence-corrected chi connectivity index (χ0v) is 9.52. The molecule has 0 amide bonds. The standard InChI is InChI=1S/C4H8O3.C3H8O3.C2H6O/c1-3(6)4(7)2-5;4-1-3(6)2-5;1-2-3/h2-4,6-7H,1H3;3-6H,1-2H2;3H,2H2,1H3. The van der Waals surface area contributed by atoms with Crippen LogP contribution in [0, 0.1) is 0 Å². The third kappa shape index (κ3) is 23.3. The molecule has 0 aliphatic rings. The average Bonchev–Trinajstić information content (AvgIpc) is 2.28. The first-order valence-electron chi connectivity index (χ1n) is 4.73. The maximum Gasteiger partial charge on any atom is 0.151 e. The molecule has 0 bridgehead atoms. The lowest BCUT2D eigenvalue weighted by Crippen LogP contribution is -2.23. The molecule has 0 aromatic heterocycles. The predicted molar refractivity (Wildman–Crippen MR) is 56.7 cm³/mol. The number of hydrogen-bond donors (Lipinski definition) is 6. The molecule has 0 saturated heterocycles. The van der Waals surface area contributed by atoms with Crippen LogP contribution in [0.1, 0.15) is 13.8 Å². The Balaban J connectivity index is -0.000000172. The molecule has 0 aromatic rings. The summed E-state index contributed by atoms with van der Waals surface area (Å²) in [6.07, 6.45) is -2.83. The van der Waals surface area contributed by atoms with Gasteiger partial charge in [0.2, 0.25) is 0 Å². The van der Waals surface area contributed by atoms with E-state index in [1.54, 1.807) is 6.92 Å². The van der Waals surface area contributed by atoms with Gasteiger partial charge in [-0.1, -0.05) is 0 Å². The van der Waals surface area contributed by atoms with Crippen LogP contribution in [0.3, 0.4) is 0 Å². The lowest BCUT2D eigenvalue weighted by molar-refractivity contribution is -0.119. The SMILES string of the molecule is CC(O)C(O)C=O.CCO.OCC(O)CO. The smallest absolute Gasteiger partial charge is 0.151 e. The van der Waals surface area contributed by atoms with E-state index in [0.29, 0.717) is 6.29 Å². The van der Waals surface area contributed by atoms with Gasteiger partial charge in [-0.25, -0.2) is 0 Å². The van der Waals surface area contributed by atoms with Crippen molar-refractivity contribution in [2.45, 2.75) is 32.2 Å². The van der Waals surface area contributed by atoms with Crippen molar-refractivity contribution in [1.29, 1.82) is 0 Å². The van der Waals surface area contributed by atoms with Crippen LogP contribution in [0.5, 0.6) is 0 Å². The van der Waals surface area contributed by atoms with E-state index in [4.69, 9.17) is 30.6 Å². The molecule has 7 nitrogen and oxygen atoms in total. The summed E-state index contributed by atoms with van der Waals surface area (Å²) < 4.78 is 0. The summed E-state index contributed by atoms with van der Waals surface area (Å²) in [5, 5.41) is 48.2. The van der Waals surface area contributed by atoms with Crippen LogP contribution in [0.2, 0.25) is 0 Å². The monoisotopic (exact) mass is 242 g/mol. The van der Waals surface area contributed by atoms with E-state index in [9.17, 15) is 4.79 Å². The molecular formula is C9H22O7. The van der Waals surface area contributed by atoms with Gasteiger partial charge in [0.05, 0.1) is 19.3 Å². The first kappa shape index (κ1) is 20.8. The highest BCUT2D eigenvalue weighted by molar-refractivity contribution is 5.56. The highest BCUT2D eigenvalue weighted by atomic mass is 16.3. The highest BCUT2D eigenvalue weighted by Crippen LogP contribution is 1.84. The van der Waals surface area contributed by atoms with Gasteiger partial charge in [-0.2, -0.15) is 0 Å². The molecule has 6 N–H and O–H groups in total. The Morgan fingerprint density at radius 3 is 1.38 bits per heavy atom. The fourth-order valence-electron chi connectivity index (χ4n) is 0.171. The van der Waals surface area contributed by atoms with Crippen molar-refractivity contribution >= 4 is 6.29 Å². The molecule has 0 rings (SSSR count). The zero-order valence-electron chi connectivity index (χ0n) is 9.52. The van der Waals surface area contributed by atoms with Gasteiger partial charge in [0.15, 0.2) is 6.29 Å². The van der Waals surface area contributed by atoms with Gasteiger partial charge in [0.1, 0.15) is 12.2 Å². The third-order valence-corrected chi connectivity index (χ3v) is 1.06. The Kier molecular flexibility index (Phi) is 21.9. The molecule has 0 aliphatic heterocycles.